The highest BCUT2D eigenvalue weighted by molar-refractivity contribution is 5.17. The van der Waals surface area contributed by atoms with Crippen molar-refractivity contribution in [2.75, 3.05) is 6.54 Å². The van der Waals surface area contributed by atoms with E-state index in [1.807, 2.05) is 6.07 Å². The Balaban J connectivity index is 2.25. The van der Waals surface area contributed by atoms with Gasteiger partial charge in [0.1, 0.15) is 0 Å². The number of nitrogens with one attached hydrogen (secondary N) is 1. The zero-order chi connectivity index (χ0) is 10.2. The van der Waals surface area contributed by atoms with E-state index in [0.717, 1.165) is 25.2 Å². The summed E-state index contributed by atoms with van der Waals surface area (Å²) in [6.07, 6.45) is 3.33. The van der Waals surface area contributed by atoms with Crippen molar-refractivity contribution in [3.05, 3.63) is 29.6 Å². The number of unbranched alkanes of at least 4 members (excludes halogenated alkanes) is 1. The Morgan fingerprint density at radius 3 is 3.14 bits per heavy atom. The van der Waals surface area contributed by atoms with Crippen molar-refractivity contribution in [2.24, 2.45) is 0 Å². The van der Waals surface area contributed by atoms with Gasteiger partial charge in [-0.05, 0) is 31.5 Å². The van der Waals surface area contributed by atoms with Crippen molar-refractivity contribution >= 4 is 0 Å². The van der Waals surface area contributed by atoms with Crippen LogP contribution >= 0.6 is 0 Å². The van der Waals surface area contributed by atoms with E-state index in [4.69, 9.17) is 5.26 Å². The second-order valence-corrected chi connectivity index (χ2v) is 3.21. The third-order valence-corrected chi connectivity index (χ3v) is 2.05. The molecule has 1 aromatic rings. The molecular weight excluding hydrogens is 174 g/mol. The molecule has 0 radical (unpaired) electrons. The summed E-state index contributed by atoms with van der Waals surface area (Å²) >= 11 is 0. The summed E-state index contributed by atoms with van der Waals surface area (Å²) in [6, 6.07) is 6.12. The van der Waals surface area contributed by atoms with Crippen LogP contribution in [0.25, 0.3) is 0 Å². The second kappa shape index (κ2) is 6.11. The van der Waals surface area contributed by atoms with Crippen LogP contribution in [-0.4, -0.2) is 11.5 Å². The molecule has 1 rings (SSSR count). The highest BCUT2D eigenvalue weighted by Crippen LogP contribution is 2.01. The molecule has 3 nitrogen and oxygen atoms in total. The van der Waals surface area contributed by atoms with Crippen molar-refractivity contribution in [3.63, 3.8) is 0 Å². The Bertz CT molecular complexity index is 315. The molecule has 0 saturated heterocycles. The van der Waals surface area contributed by atoms with E-state index >= 15 is 0 Å². The first-order chi connectivity index (χ1) is 6.84. The fraction of sp³-hybridized carbons (Fsp3) is 0.455. The Labute approximate surface area is 84.8 Å². The molecular formula is C11H15N3. The zero-order valence-corrected chi connectivity index (χ0v) is 8.45. The number of hydrogen-bond donors (Lipinski definition) is 1. The molecule has 0 aliphatic rings. The topological polar surface area (TPSA) is 48.7 Å². The Morgan fingerprint density at radius 2 is 2.43 bits per heavy atom. The quantitative estimate of drug-likeness (QED) is 0.718. The van der Waals surface area contributed by atoms with Gasteiger partial charge in [-0.25, -0.2) is 0 Å². The van der Waals surface area contributed by atoms with Crippen LogP contribution < -0.4 is 5.32 Å². The normalized spacial score (nSPS) is 9.71. The minimum atomic E-state index is 0.619. The van der Waals surface area contributed by atoms with Crippen molar-refractivity contribution in [3.8, 4) is 6.07 Å². The molecule has 0 saturated carbocycles. The summed E-state index contributed by atoms with van der Waals surface area (Å²) in [6.45, 7) is 3.72. The van der Waals surface area contributed by atoms with Crippen molar-refractivity contribution in [2.45, 2.75) is 26.3 Å². The van der Waals surface area contributed by atoms with Gasteiger partial charge in [-0.1, -0.05) is 6.07 Å². The van der Waals surface area contributed by atoms with Gasteiger partial charge in [0.2, 0.25) is 0 Å². The van der Waals surface area contributed by atoms with Gasteiger partial charge in [-0.2, -0.15) is 5.26 Å². The fourth-order valence-corrected chi connectivity index (χ4v) is 1.20. The molecule has 0 amide bonds. The summed E-state index contributed by atoms with van der Waals surface area (Å²) in [5, 5.41) is 11.6. The lowest BCUT2D eigenvalue weighted by Crippen LogP contribution is -2.16. The highest BCUT2D eigenvalue weighted by atomic mass is 14.9. The van der Waals surface area contributed by atoms with Gasteiger partial charge in [0.25, 0.3) is 0 Å². The molecule has 0 spiro atoms. The van der Waals surface area contributed by atoms with E-state index < -0.39 is 0 Å². The first-order valence-electron chi connectivity index (χ1n) is 4.82. The molecule has 1 N–H and O–H groups in total. The van der Waals surface area contributed by atoms with Crippen LogP contribution in [0.3, 0.4) is 0 Å². The van der Waals surface area contributed by atoms with Gasteiger partial charge in [0, 0.05) is 19.2 Å². The molecule has 0 aromatic carbocycles. The molecule has 0 aliphatic carbocycles. The SMILES string of the molecule is Cc1cccnc1CNCCCC#N. The third kappa shape index (κ3) is 3.55. The first kappa shape index (κ1) is 10.7. The van der Waals surface area contributed by atoms with Crippen LogP contribution in [0.5, 0.6) is 0 Å². The monoisotopic (exact) mass is 189 g/mol. The van der Waals surface area contributed by atoms with Crippen molar-refractivity contribution < 1.29 is 0 Å². The molecule has 0 unspecified atom stereocenters. The minimum Gasteiger partial charge on any atom is -0.311 e. The highest BCUT2D eigenvalue weighted by Gasteiger charge is 1.96. The lowest BCUT2D eigenvalue weighted by atomic mass is 10.2. The summed E-state index contributed by atoms with van der Waals surface area (Å²) in [4.78, 5) is 4.27. The number of nitrogens with zero attached hydrogens (tertiary/aromatic N) is 2. The van der Waals surface area contributed by atoms with Gasteiger partial charge in [-0.3, -0.25) is 4.98 Å². The maximum Gasteiger partial charge on any atom is 0.0622 e. The Hall–Kier alpha value is -1.40. The van der Waals surface area contributed by atoms with Crippen molar-refractivity contribution in [1.29, 1.82) is 5.26 Å². The van der Waals surface area contributed by atoms with E-state index in [0.29, 0.717) is 6.42 Å². The lowest BCUT2D eigenvalue weighted by molar-refractivity contribution is 0.646. The molecule has 74 valence electrons. The molecule has 0 bridgehead atoms. The van der Waals surface area contributed by atoms with Crippen molar-refractivity contribution in [1.82, 2.24) is 10.3 Å². The molecule has 14 heavy (non-hydrogen) atoms. The van der Waals surface area contributed by atoms with Gasteiger partial charge in [0.05, 0.1) is 11.8 Å². The Morgan fingerprint density at radius 1 is 1.57 bits per heavy atom. The maximum absolute atomic E-state index is 8.34. The number of pyridine rings is 1. The molecule has 0 aliphatic heterocycles. The summed E-state index contributed by atoms with van der Waals surface area (Å²) in [7, 11) is 0. The number of aromatic nitrogens is 1. The molecule has 0 fully saturated rings. The predicted molar refractivity (Wildman–Crippen MR) is 55.5 cm³/mol. The first-order valence-corrected chi connectivity index (χ1v) is 4.82. The third-order valence-electron chi connectivity index (χ3n) is 2.05. The summed E-state index contributed by atoms with van der Waals surface area (Å²) in [5.74, 6) is 0. The largest absolute Gasteiger partial charge is 0.311 e. The fourth-order valence-electron chi connectivity index (χ4n) is 1.20. The Kier molecular flexibility index (Phi) is 4.66. The average Bonchev–Trinajstić information content (AvgIpc) is 2.20. The van der Waals surface area contributed by atoms with E-state index in [2.05, 4.69) is 29.4 Å². The van der Waals surface area contributed by atoms with E-state index in [1.165, 1.54) is 5.56 Å². The van der Waals surface area contributed by atoms with Crippen LogP contribution in [-0.2, 0) is 6.54 Å². The summed E-state index contributed by atoms with van der Waals surface area (Å²) < 4.78 is 0. The predicted octanol–water partition coefficient (Wildman–Crippen LogP) is 1.78. The van der Waals surface area contributed by atoms with Gasteiger partial charge in [-0.15, -0.1) is 0 Å². The van der Waals surface area contributed by atoms with Crippen LogP contribution in [0.4, 0.5) is 0 Å². The van der Waals surface area contributed by atoms with Gasteiger partial charge < -0.3 is 5.32 Å². The second-order valence-electron chi connectivity index (χ2n) is 3.21. The van der Waals surface area contributed by atoms with E-state index in [-0.39, 0.29) is 0 Å². The molecule has 1 aromatic heterocycles. The zero-order valence-electron chi connectivity index (χ0n) is 8.45. The van der Waals surface area contributed by atoms with E-state index in [1.54, 1.807) is 6.20 Å². The van der Waals surface area contributed by atoms with Crippen LogP contribution in [0.2, 0.25) is 0 Å². The number of nitriles is 1. The van der Waals surface area contributed by atoms with Gasteiger partial charge in [0.15, 0.2) is 0 Å². The molecule has 3 heteroatoms. The van der Waals surface area contributed by atoms with Gasteiger partial charge >= 0.3 is 0 Å². The minimum absolute atomic E-state index is 0.619. The van der Waals surface area contributed by atoms with Crippen LogP contribution in [0, 0.1) is 18.3 Å². The number of aryl methyl sites for hydroxylation is 1. The average molecular weight is 189 g/mol. The van der Waals surface area contributed by atoms with Crippen LogP contribution in [0.15, 0.2) is 18.3 Å². The molecule has 1 heterocycles. The number of hydrogen-bond acceptors (Lipinski definition) is 3. The summed E-state index contributed by atoms with van der Waals surface area (Å²) in [5.41, 5.74) is 2.30. The smallest absolute Gasteiger partial charge is 0.0622 e. The standard InChI is InChI=1S/C11H15N3/c1-10-5-4-8-14-11(10)9-13-7-3-2-6-12/h4-5,8,13H,2-3,7,9H2,1H3. The van der Waals surface area contributed by atoms with Crippen LogP contribution in [0.1, 0.15) is 24.1 Å². The van der Waals surface area contributed by atoms with E-state index in [9.17, 15) is 0 Å². The maximum atomic E-state index is 8.34. The molecule has 0 atom stereocenters. The number of rotatable bonds is 5. The lowest BCUT2D eigenvalue weighted by Gasteiger charge is -2.05.